The molecule has 1 unspecified atom stereocenters. The first-order valence-corrected chi connectivity index (χ1v) is 7.25. The number of morpholine rings is 1. The summed E-state index contributed by atoms with van der Waals surface area (Å²) >= 11 is 0. The lowest BCUT2D eigenvalue weighted by molar-refractivity contribution is -0.273. The molecule has 0 saturated carbocycles. The number of hydrogen-bond donors (Lipinski definition) is 0. The molecular formula is C14H23F3N4O. The summed E-state index contributed by atoms with van der Waals surface area (Å²) in [6, 6.07) is 0. The third kappa shape index (κ3) is 3.98. The highest BCUT2D eigenvalue weighted by Gasteiger charge is 2.48. The Morgan fingerprint density at radius 1 is 1.32 bits per heavy atom. The van der Waals surface area contributed by atoms with E-state index in [1.807, 2.05) is 20.8 Å². The first-order chi connectivity index (χ1) is 9.88. The molecule has 0 spiro atoms. The van der Waals surface area contributed by atoms with Crippen molar-refractivity contribution in [3.63, 3.8) is 0 Å². The maximum Gasteiger partial charge on any atom is 0.415 e. The topological polar surface area (TPSA) is 43.2 Å². The molecule has 1 aromatic rings. The lowest BCUT2D eigenvalue weighted by Gasteiger charge is -2.43. The van der Waals surface area contributed by atoms with Crippen LogP contribution in [0.4, 0.5) is 13.2 Å². The second-order valence-corrected chi connectivity index (χ2v) is 7.34. The van der Waals surface area contributed by atoms with Crippen molar-refractivity contribution < 1.29 is 17.9 Å². The van der Waals surface area contributed by atoms with Crippen LogP contribution in [0.2, 0.25) is 0 Å². The lowest BCUT2D eigenvalue weighted by atomic mass is 10.0. The van der Waals surface area contributed by atoms with Crippen LogP contribution in [0.1, 0.15) is 40.4 Å². The molecule has 2 rings (SSSR count). The summed E-state index contributed by atoms with van der Waals surface area (Å²) in [5, 5.41) is 4.18. The van der Waals surface area contributed by atoms with Crippen molar-refractivity contribution in [3.8, 4) is 0 Å². The average molecular weight is 320 g/mol. The van der Waals surface area contributed by atoms with Gasteiger partial charge in [-0.15, -0.1) is 0 Å². The second kappa shape index (κ2) is 5.49. The standard InChI is InChI=1S/C14H23F3N4O/c1-12(2,3)21-11(18-9-19-21)7-20-6-10(14(15,16)17)22-13(4,5)8-20/h9-10H,6-8H2,1-5H3. The van der Waals surface area contributed by atoms with E-state index >= 15 is 0 Å². The number of ether oxygens (including phenoxy) is 1. The van der Waals surface area contributed by atoms with Crippen LogP contribution in [0.5, 0.6) is 0 Å². The van der Waals surface area contributed by atoms with Gasteiger partial charge in [0.15, 0.2) is 6.10 Å². The zero-order valence-electron chi connectivity index (χ0n) is 13.6. The highest BCUT2D eigenvalue weighted by atomic mass is 19.4. The molecule has 1 atom stereocenters. The zero-order chi connectivity index (χ0) is 16.8. The number of hydrogen-bond acceptors (Lipinski definition) is 4. The monoisotopic (exact) mass is 320 g/mol. The molecule has 126 valence electrons. The Morgan fingerprint density at radius 3 is 2.50 bits per heavy atom. The molecule has 0 N–H and O–H groups in total. The average Bonchev–Trinajstić information content (AvgIpc) is 2.73. The molecule has 1 fully saturated rings. The van der Waals surface area contributed by atoms with Gasteiger partial charge in [0.2, 0.25) is 0 Å². The minimum absolute atomic E-state index is 0.191. The Labute approximate surface area is 128 Å². The molecule has 0 aliphatic carbocycles. The Kier molecular flexibility index (Phi) is 4.29. The minimum atomic E-state index is -4.37. The van der Waals surface area contributed by atoms with E-state index < -0.39 is 17.9 Å². The van der Waals surface area contributed by atoms with Gasteiger partial charge in [0.05, 0.1) is 17.7 Å². The SMILES string of the molecule is CC1(C)CN(Cc2ncnn2C(C)(C)C)CC(C(F)(F)F)O1. The van der Waals surface area contributed by atoms with Crippen molar-refractivity contribution in [1.82, 2.24) is 19.7 Å². The normalized spacial score (nSPS) is 23.7. The fourth-order valence-electron chi connectivity index (χ4n) is 2.72. The molecule has 0 bridgehead atoms. The summed E-state index contributed by atoms with van der Waals surface area (Å²) in [7, 11) is 0. The summed E-state index contributed by atoms with van der Waals surface area (Å²) in [4.78, 5) is 5.93. The first-order valence-electron chi connectivity index (χ1n) is 7.25. The fourth-order valence-corrected chi connectivity index (χ4v) is 2.72. The highest BCUT2D eigenvalue weighted by molar-refractivity contribution is 4.94. The van der Waals surface area contributed by atoms with Crippen molar-refractivity contribution in [2.75, 3.05) is 13.1 Å². The molecular weight excluding hydrogens is 297 g/mol. The summed E-state index contributed by atoms with van der Waals surface area (Å²) in [6.07, 6.45) is -4.71. The molecule has 2 heterocycles. The third-order valence-corrected chi connectivity index (χ3v) is 3.47. The van der Waals surface area contributed by atoms with Crippen LogP contribution < -0.4 is 0 Å². The quantitative estimate of drug-likeness (QED) is 0.840. The van der Waals surface area contributed by atoms with E-state index in [2.05, 4.69) is 10.1 Å². The molecule has 5 nitrogen and oxygen atoms in total. The zero-order valence-corrected chi connectivity index (χ0v) is 13.6. The molecule has 0 aromatic carbocycles. The van der Waals surface area contributed by atoms with Crippen LogP contribution in [-0.4, -0.2) is 50.6 Å². The van der Waals surface area contributed by atoms with Gasteiger partial charge in [0.1, 0.15) is 12.2 Å². The molecule has 22 heavy (non-hydrogen) atoms. The van der Waals surface area contributed by atoms with E-state index in [9.17, 15) is 13.2 Å². The Balaban J connectivity index is 2.17. The molecule has 1 aliphatic rings. The van der Waals surface area contributed by atoms with Gasteiger partial charge >= 0.3 is 6.18 Å². The molecule has 1 aliphatic heterocycles. The number of alkyl halides is 3. The maximum absolute atomic E-state index is 13.0. The van der Waals surface area contributed by atoms with Crippen molar-refractivity contribution in [2.24, 2.45) is 0 Å². The molecule has 0 amide bonds. The van der Waals surface area contributed by atoms with Crippen LogP contribution in [0.25, 0.3) is 0 Å². The van der Waals surface area contributed by atoms with Gasteiger partial charge in [0.25, 0.3) is 0 Å². The third-order valence-electron chi connectivity index (χ3n) is 3.47. The van der Waals surface area contributed by atoms with Crippen LogP contribution in [0.15, 0.2) is 6.33 Å². The summed E-state index contributed by atoms with van der Waals surface area (Å²) in [5.74, 6) is 0.658. The number of aromatic nitrogens is 3. The lowest BCUT2D eigenvalue weighted by Crippen LogP contribution is -2.57. The van der Waals surface area contributed by atoms with E-state index in [0.717, 1.165) is 0 Å². The molecule has 1 aromatic heterocycles. The summed E-state index contributed by atoms with van der Waals surface area (Å²) < 4.78 is 46.0. The van der Waals surface area contributed by atoms with Gasteiger partial charge < -0.3 is 4.74 Å². The van der Waals surface area contributed by atoms with Crippen molar-refractivity contribution in [2.45, 2.75) is 64.6 Å². The van der Waals surface area contributed by atoms with Crippen molar-refractivity contribution in [1.29, 1.82) is 0 Å². The van der Waals surface area contributed by atoms with Crippen molar-refractivity contribution >= 4 is 0 Å². The van der Waals surface area contributed by atoms with Gasteiger partial charge in [0, 0.05) is 13.1 Å². The number of halogens is 3. The van der Waals surface area contributed by atoms with Crippen LogP contribution in [-0.2, 0) is 16.8 Å². The second-order valence-electron chi connectivity index (χ2n) is 7.34. The van der Waals surface area contributed by atoms with Gasteiger partial charge in [-0.1, -0.05) is 0 Å². The van der Waals surface area contributed by atoms with Gasteiger partial charge in [-0.2, -0.15) is 18.3 Å². The van der Waals surface area contributed by atoms with E-state index in [4.69, 9.17) is 4.74 Å². The predicted molar refractivity (Wildman–Crippen MR) is 75.3 cm³/mol. The Morgan fingerprint density at radius 2 is 1.95 bits per heavy atom. The van der Waals surface area contributed by atoms with Crippen LogP contribution in [0.3, 0.4) is 0 Å². The fraction of sp³-hybridized carbons (Fsp3) is 0.857. The van der Waals surface area contributed by atoms with E-state index in [-0.39, 0.29) is 12.1 Å². The smallest absolute Gasteiger partial charge is 0.360 e. The Hall–Kier alpha value is -1.15. The van der Waals surface area contributed by atoms with E-state index in [1.165, 1.54) is 6.33 Å². The molecule has 1 saturated heterocycles. The number of rotatable bonds is 2. The molecule has 8 heteroatoms. The summed E-state index contributed by atoms with van der Waals surface area (Å²) in [6.45, 7) is 9.82. The van der Waals surface area contributed by atoms with Gasteiger partial charge in [-0.3, -0.25) is 4.90 Å². The Bertz CT molecular complexity index is 519. The predicted octanol–water partition coefficient (Wildman–Crippen LogP) is 2.57. The minimum Gasteiger partial charge on any atom is -0.360 e. The maximum atomic E-state index is 13.0. The van der Waals surface area contributed by atoms with E-state index in [0.29, 0.717) is 18.9 Å². The first kappa shape index (κ1) is 17.2. The van der Waals surface area contributed by atoms with Crippen LogP contribution in [0, 0.1) is 0 Å². The van der Waals surface area contributed by atoms with Crippen LogP contribution >= 0.6 is 0 Å². The highest BCUT2D eigenvalue weighted by Crippen LogP contribution is 2.32. The van der Waals surface area contributed by atoms with Gasteiger partial charge in [-0.25, -0.2) is 9.67 Å². The molecule has 0 radical (unpaired) electrons. The van der Waals surface area contributed by atoms with E-state index in [1.54, 1.807) is 23.4 Å². The van der Waals surface area contributed by atoms with Gasteiger partial charge in [-0.05, 0) is 34.6 Å². The largest absolute Gasteiger partial charge is 0.415 e. The van der Waals surface area contributed by atoms with Crippen molar-refractivity contribution in [3.05, 3.63) is 12.2 Å². The number of nitrogens with zero attached hydrogens (tertiary/aromatic N) is 4. The summed E-state index contributed by atoms with van der Waals surface area (Å²) in [5.41, 5.74) is -1.12.